The summed E-state index contributed by atoms with van der Waals surface area (Å²) >= 11 is 0. The summed E-state index contributed by atoms with van der Waals surface area (Å²) in [5.41, 5.74) is 1.88. The molecule has 7 amide bonds. The molecule has 4 aliphatic rings. The van der Waals surface area contributed by atoms with E-state index in [4.69, 9.17) is 0 Å². The number of rotatable bonds is 3. The Bertz CT molecular complexity index is 1080. The van der Waals surface area contributed by atoms with Crippen molar-refractivity contribution in [3.63, 3.8) is 0 Å². The second kappa shape index (κ2) is 8.11. The fraction of sp³-hybridized carbons (Fsp3) is 0.542. The summed E-state index contributed by atoms with van der Waals surface area (Å²) in [6.07, 6.45) is 5.55. The molecule has 5 rings (SSSR count). The van der Waals surface area contributed by atoms with Gasteiger partial charge in [-0.2, -0.15) is 5.01 Å². The smallest absolute Gasteiger partial charge is 0.322 e. The molecule has 1 unspecified atom stereocenters. The Kier molecular flexibility index (Phi) is 5.33. The molecule has 1 aromatic carbocycles. The average Bonchev–Trinajstić information content (AvgIpc) is 3.08. The lowest BCUT2D eigenvalue weighted by Gasteiger charge is -2.33. The number of hydrogen-bond donors (Lipinski definition) is 3. The first kappa shape index (κ1) is 22.4. The van der Waals surface area contributed by atoms with Crippen LogP contribution in [0.15, 0.2) is 24.3 Å². The highest BCUT2D eigenvalue weighted by Crippen LogP contribution is 2.39. The number of nitrogens with one attached hydrogen (secondary N) is 3. The van der Waals surface area contributed by atoms with E-state index in [1.807, 2.05) is 24.3 Å². The molecule has 3 fully saturated rings. The Labute approximate surface area is 197 Å². The van der Waals surface area contributed by atoms with Gasteiger partial charge in [0.25, 0.3) is 17.7 Å². The third-order valence-corrected chi connectivity index (χ3v) is 7.73. The van der Waals surface area contributed by atoms with Gasteiger partial charge >= 0.3 is 12.1 Å². The Balaban J connectivity index is 1.30. The summed E-state index contributed by atoms with van der Waals surface area (Å²) in [4.78, 5) is 65.4. The lowest BCUT2D eigenvalue weighted by molar-refractivity contribution is -0.141. The fourth-order valence-corrected chi connectivity index (χ4v) is 5.74. The summed E-state index contributed by atoms with van der Waals surface area (Å²) in [5, 5.41) is 6.25. The van der Waals surface area contributed by atoms with Crippen molar-refractivity contribution in [1.29, 1.82) is 0 Å². The van der Waals surface area contributed by atoms with Crippen LogP contribution >= 0.6 is 0 Å². The molecule has 0 bridgehead atoms. The summed E-state index contributed by atoms with van der Waals surface area (Å²) in [6.45, 7) is 1.51. The molecule has 2 heterocycles. The first-order chi connectivity index (χ1) is 16.3. The van der Waals surface area contributed by atoms with Gasteiger partial charge in [-0.05, 0) is 68.4 Å². The summed E-state index contributed by atoms with van der Waals surface area (Å²) < 4.78 is 0. The molecule has 3 N–H and O–H groups in total. The highest BCUT2D eigenvalue weighted by molar-refractivity contribution is 6.11. The lowest BCUT2D eigenvalue weighted by atomic mass is 9.77. The van der Waals surface area contributed by atoms with Crippen molar-refractivity contribution in [3.05, 3.63) is 35.4 Å². The summed E-state index contributed by atoms with van der Waals surface area (Å²) in [5.74, 6) is -1.30. The molecular formula is C24H29N5O5. The van der Waals surface area contributed by atoms with Crippen molar-refractivity contribution >= 4 is 29.8 Å². The van der Waals surface area contributed by atoms with E-state index in [0.717, 1.165) is 48.1 Å². The number of carbonyl (C=O) groups is 5. The summed E-state index contributed by atoms with van der Waals surface area (Å²) in [6, 6.07) is 6.19. The van der Waals surface area contributed by atoms with Crippen molar-refractivity contribution < 1.29 is 24.0 Å². The van der Waals surface area contributed by atoms with Crippen LogP contribution in [-0.2, 0) is 26.3 Å². The van der Waals surface area contributed by atoms with Gasteiger partial charge in [-0.3, -0.25) is 24.7 Å². The van der Waals surface area contributed by atoms with Gasteiger partial charge < -0.3 is 10.6 Å². The molecular weight excluding hydrogens is 438 g/mol. The average molecular weight is 468 g/mol. The topological polar surface area (TPSA) is 128 Å². The molecule has 2 aliphatic heterocycles. The number of fused-ring (bicyclic) bond motifs is 2. The maximum absolute atomic E-state index is 13.5. The van der Waals surface area contributed by atoms with E-state index in [1.54, 1.807) is 0 Å². The first-order valence-corrected chi connectivity index (χ1v) is 11.9. The molecule has 180 valence electrons. The molecule has 0 aromatic heterocycles. The van der Waals surface area contributed by atoms with Crippen LogP contribution in [0.3, 0.4) is 0 Å². The number of benzene rings is 1. The number of imide groups is 2. The number of amides is 7. The minimum atomic E-state index is -1.20. The monoisotopic (exact) mass is 467 g/mol. The van der Waals surface area contributed by atoms with E-state index >= 15 is 0 Å². The molecule has 1 atom stereocenters. The highest BCUT2D eigenvalue weighted by Gasteiger charge is 2.55. The van der Waals surface area contributed by atoms with Crippen molar-refractivity contribution in [2.45, 2.75) is 69.4 Å². The van der Waals surface area contributed by atoms with Crippen molar-refractivity contribution in [3.8, 4) is 0 Å². The zero-order valence-corrected chi connectivity index (χ0v) is 19.2. The normalized spacial score (nSPS) is 30.9. The number of hydrogen-bond acceptors (Lipinski definition) is 5. The quantitative estimate of drug-likeness (QED) is 0.583. The second-order valence-corrected chi connectivity index (χ2v) is 9.96. The molecule has 2 spiro atoms. The van der Waals surface area contributed by atoms with Crippen LogP contribution in [0.1, 0.15) is 63.0 Å². The van der Waals surface area contributed by atoms with Gasteiger partial charge in [-0.1, -0.05) is 31.2 Å². The number of urea groups is 2. The molecule has 10 nitrogen and oxygen atoms in total. The van der Waals surface area contributed by atoms with Gasteiger partial charge in [0.1, 0.15) is 17.6 Å². The van der Waals surface area contributed by atoms with Crippen LogP contribution in [-0.4, -0.2) is 51.8 Å². The third-order valence-electron chi connectivity index (χ3n) is 7.73. The largest absolute Gasteiger partial charge is 0.344 e. The first-order valence-electron chi connectivity index (χ1n) is 11.9. The van der Waals surface area contributed by atoms with Crippen LogP contribution in [0.4, 0.5) is 9.59 Å². The number of nitrogens with zero attached hydrogens (tertiary/aromatic N) is 2. The van der Waals surface area contributed by atoms with Crippen LogP contribution in [0.5, 0.6) is 0 Å². The Morgan fingerprint density at radius 2 is 1.74 bits per heavy atom. The van der Waals surface area contributed by atoms with Gasteiger partial charge in [0, 0.05) is 0 Å². The maximum atomic E-state index is 13.5. The van der Waals surface area contributed by atoms with E-state index in [2.05, 4.69) is 23.0 Å². The van der Waals surface area contributed by atoms with E-state index < -0.39 is 47.4 Å². The van der Waals surface area contributed by atoms with E-state index in [0.29, 0.717) is 30.2 Å². The van der Waals surface area contributed by atoms with E-state index in [1.165, 1.54) is 0 Å². The zero-order valence-electron chi connectivity index (χ0n) is 19.2. The van der Waals surface area contributed by atoms with Crippen LogP contribution in [0.2, 0.25) is 0 Å². The minimum Gasteiger partial charge on any atom is -0.322 e. The number of aryl methyl sites for hydroxylation is 1. The molecule has 1 aromatic rings. The van der Waals surface area contributed by atoms with Gasteiger partial charge in [0.2, 0.25) is 0 Å². The number of carbonyl (C=O) groups excluding carboxylic acids is 5. The predicted molar refractivity (Wildman–Crippen MR) is 120 cm³/mol. The van der Waals surface area contributed by atoms with Gasteiger partial charge in [-0.25, -0.2) is 9.59 Å². The Morgan fingerprint density at radius 3 is 2.50 bits per heavy atom. The number of hydrazine groups is 1. The van der Waals surface area contributed by atoms with Crippen molar-refractivity contribution in [1.82, 2.24) is 26.0 Å². The fourth-order valence-electron chi connectivity index (χ4n) is 5.74. The van der Waals surface area contributed by atoms with Crippen molar-refractivity contribution in [2.75, 3.05) is 6.54 Å². The molecule has 10 heteroatoms. The molecule has 2 saturated heterocycles. The zero-order chi connectivity index (χ0) is 24.1. The maximum Gasteiger partial charge on any atom is 0.344 e. The highest BCUT2D eigenvalue weighted by atomic mass is 16.2. The summed E-state index contributed by atoms with van der Waals surface area (Å²) in [7, 11) is 0. The van der Waals surface area contributed by atoms with E-state index in [9.17, 15) is 24.0 Å². The van der Waals surface area contributed by atoms with Gasteiger partial charge in [0.15, 0.2) is 0 Å². The van der Waals surface area contributed by atoms with Gasteiger partial charge in [-0.15, -0.1) is 0 Å². The molecule has 34 heavy (non-hydrogen) atoms. The minimum absolute atomic E-state index is 0.445. The third kappa shape index (κ3) is 3.43. The molecule has 1 saturated carbocycles. The van der Waals surface area contributed by atoms with Crippen LogP contribution in [0.25, 0.3) is 0 Å². The predicted octanol–water partition coefficient (Wildman–Crippen LogP) is 1.69. The van der Waals surface area contributed by atoms with Crippen LogP contribution < -0.4 is 16.1 Å². The Hall–Kier alpha value is -3.43. The SMILES string of the molecule is CC1CCC2(CC1)NC(=O)N(NC(=O)CN1C(=O)NC3(CCCCc4ccccc43)C1=O)C2=O. The van der Waals surface area contributed by atoms with Crippen molar-refractivity contribution in [2.24, 2.45) is 5.92 Å². The van der Waals surface area contributed by atoms with E-state index in [-0.39, 0.29) is 0 Å². The second-order valence-electron chi connectivity index (χ2n) is 9.96. The molecule has 2 aliphatic carbocycles. The molecule has 0 radical (unpaired) electrons. The lowest BCUT2D eigenvalue weighted by Crippen LogP contribution is -2.53. The van der Waals surface area contributed by atoms with Crippen LogP contribution in [0, 0.1) is 5.92 Å². The standard InChI is InChI=1S/C24H29N5O5/c1-15-9-12-23(13-10-15)19(31)29(22(34)25-23)27-18(30)14-28-20(32)24(26-21(28)33)11-5-4-7-16-6-2-3-8-17(16)24/h2-3,6,8,15H,4-5,7,9-14H2,1H3,(H,25,34)(H,26,33)(H,27,30). The van der Waals surface area contributed by atoms with Gasteiger partial charge in [0.05, 0.1) is 0 Å². The Morgan fingerprint density at radius 1 is 1.00 bits per heavy atom.